The van der Waals surface area contributed by atoms with Gasteiger partial charge in [0.25, 0.3) is 5.91 Å². The average molecular weight is 418 g/mol. The summed E-state index contributed by atoms with van der Waals surface area (Å²) in [5, 5.41) is 10.3. The summed E-state index contributed by atoms with van der Waals surface area (Å²) >= 11 is 6.56. The minimum Gasteiger partial charge on any atom is -0.493 e. The molecule has 2 N–H and O–H groups in total. The number of nitrogens with one attached hydrogen (secondary N) is 2. The zero-order chi connectivity index (χ0) is 20.1. The van der Waals surface area contributed by atoms with Crippen LogP contribution in [0, 0.1) is 11.7 Å². The first-order chi connectivity index (χ1) is 13.5. The Morgan fingerprint density at radius 3 is 2.89 bits per heavy atom. The molecule has 2 heterocycles. The quantitative estimate of drug-likeness (QED) is 0.430. The Labute approximate surface area is 170 Å². The third kappa shape index (κ3) is 4.29. The standard InChI is InChI=1S/C18H19N5O3S2/c1-4-9-23-16(21-22-18(23)27)15-11(2)19-17(28-15)20-14(24)10-26-13-8-6-5-7-12(13)25-3/h4-8H,1,9-10H2,2-3H3,(H,22,27)(H,19,20,24). The maximum absolute atomic E-state index is 12.2. The Morgan fingerprint density at radius 2 is 2.18 bits per heavy atom. The third-order valence-corrected chi connectivity index (χ3v) is 5.12. The molecule has 28 heavy (non-hydrogen) atoms. The number of methoxy groups -OCH3 is 1. The number of carbonyl (C=O) groups is 1. The zero-order valence-corrected chi connectivity index (χ0v) is 17.0. The first-order valence-electron chi connectivity index (χ1n) is 8.33. The van der Waals surface area contributed by atoms with Crippen molar-refractivity contribution in [2.75, 3.05) is 19.0 Å². The summed E-state index contributed by atoms with van der Waals surface area (Å²) in [5.74, 6) is 1.39. The van der Waals surface area contributed by atoms with Crippen LogP contribution in [-0.2, 0) is 11.3 Å². The molecule has 0 aliphatic carbocycles. The number of hydrogen-bond donors (Lipinski definition) is 2. The minimum atomic E-state index is -0.323. The van der Waals surface area contributed by atoms with Crippen molar-refractivity contribution in [3.05, 3.63) is 47.4 Å². The maximum atomic E-state index is 12.2. The van der Waals surface area contributed by atoms with E-state index in [1.54, 1.807) is 25.3 Å². The number of anilines is 1. The van der Waals surface area contributed by atoms with Crippen molar-refractivity contribution in [3.63, 3.8) is 0 Å². The van der Waals surface area contributed by atoms with E-state index in [0.29, 0.717) is 33.8 Å². The van der Waals surface area contributed by atoms with Crippen molar-refractivity contribution in [3.8, 4) is 22.2 Å². The molecule has 0 aliphatic rings. The highest BCUT2D eigenvalue weighted by Crippen LogP contribution is 2.32. The second kappa shape index (κ2) is 8.81. The van der Waals surface area contributed by atoms with Gasteiger partial charge in [0.1, 0.15) is 0 Å². The predicted octanol–water partition coefficient (Wildman–Crippen LogP) is 3.58. The van der Waals surface area contributed by atoms with Crippen LogP contribution in [0.1, 0.15) is 5.69 Å². The van der Waals surface area contributed by atoms with Gasteiger partial charge in [-0.15, -0.1) is 6.58 Å². The van der Waals surface area contributed by atoms with E-state index in [1.165, 1.54) is 11.3 Å². The van der Waals surface area contributed by atoms with Crippen LogP contribution in [0.3, 0.4) is 0 Å². The highest BCUT2D eigenvalue weighted by atomic mass is 32.1. The number of aromatic amines is 1. The van der Waals surface area contributed by atoms with Crippen LogP contribution in [0.25, 0.3) is 10.7 Å². The molecule has 0 spiro atoms. The molecule has 0 saturated heterocycles. The van der Waals surface area contributed by atoms with Gasteiger partial charge in [0.2, 0.25) is 0 Å². The fraction of sp³-hybridized carbons (Fsp3) is 0.222. The Bertz CT molecular complexity index is 1050. The van der Waals surface area contributed by atoms with Crippen LogP contribution in [0.2, 0.25) is 0 Å². The van der Waals surface area contributed by atoms with Crippen LogP contribution in [0.15, 0.2) is 36.9 Å². The molecule has 1 amide bonds. The highest BCUT2D eigenvalue weighted by molar-refractivity contribution is 7.71. The largest absolute Gasteiger partial charge is 0.493 e. The molecule has 8 nitrogen and oxygen atoms in total. The van der Waals surface area contributed by atoms with Crippen LogP contribution in [0.5, 0.6) is 11.5 Å². The molecule has 0 saturated carbocycles. The Morgan fingerprint density at radius 1 is 1.43 bits per heavy atom. The average Bonchev–Trinajstić information content (AvgIpc) is 3.22. The molecule has 0 atom stereocenters. The van der Waals surface area contributed by atoms with Gasteiger partial charge in [0.05, 0.1) is 17.7 Å². The van der Waals surface area contributed by atoms with E-state index < -0.39 is 0 Å². The van der Waals surface area contributed by atoms with Gasteiger partial charge < -0.3 is 9.47 Å². The van der Waals surface area contributed by atoms with Gasteiger partial charge in [-0.3, -0.25) is 19.8 Å². The molecule has 0 fully saturated rings. The van der Waals surface area contributed by atoms with Crippen molar-refractivity contribution in [1.29, 1.82) is 0 Å². The Balaban J connectivity index is 1.71. The number of nitrogens with zero attached hydrogens (tertiary/aromatic N) is 3. The van der Waals surface area contributed by atoms with E-state index in [1.807, 2.05) is 23.6 Å². The molecule has 1 aromatic carbocycles. The lowest BCUT2D eigenvalue weighted by Gasteiger charge is -2.09. The van der Waals surface area contributed by atoms with Gasteiger partial charge in [0, 0.05) is 6.54 Å². The zero-order valence-electron chi connectivity index (χ0n) is 15.4. The van der Waals surface area contributed by atoms with Gasteiger partial charge in [-0.1, -0.05) is 29.5 Å². The molecular formula is C18H19N5O3S2. The lowest BCUT2D eigenvalue weighted by atomic mass is 10.3. The smallest absolute Gasteiger partial charge is 0.264 e. The highest BCUT2D eigenvalue weighted by Gasteiger charge is 2.17. The predicted molar refractivity (Wildman–Crippen MR) is 111 cm³/mol. The molecule has 10 heteroatoms. The maximum Gasteiger partial charge on any atom is 0.264 e. The number of aromatic nitrogens is 4. The molecule has 3 rings (SSSR count). The lowest BCUT2D eigenvalue weighted by molar-refractivity contribution is -0.118. The first-order valence-corrected chi connectivity index (χ1v) is 9.55. The fourth-order valence-electron chi connectivity index (χ4n) is 2.48. The summed E-state index contributed by atoms with van der Waals surface area (Å²) in [5.41, 5.74) is 0.741. The molecule has 0 bridgehead atoms. The second-order valence-electron chi connectivity index (χ2n) is 5.67. The van der Waals surface area contributed by atoms with Gasteiger partial charge in [-0.2, -0.15) is 5.10 Å². The first kappa shape index (κ1) is 19.8. The molecule has 3 aromatic rings. The summed E-state index contributed by atoms with van der Waals surface area (Å²) in [6, 6.07) is 7.13. The van der Waals surface area contributed by atoms with Crippen LogP contribution in [0.4, 0.5) is 5.13 Å². The third-order valence-electron chi connectivity index (χ3n) is 3.74. The van der Waals surface area contributed by atoms with Gasteiger partial charge >= 0.3 is 0 Å². The summed E-state index contributed by atoms with van der Waals surface area (Å²) in [4.78, 5) is 17.5. The molecule has 0 unspecified atom stereocenters. The van der Waals surface area contributed by atoms with Crippen LogP contribution < -0.4 is 14.8 Å². The number of allylic oxidation sites excluding steroid dienone is 1. The molecular weight excluding hydrogens is 398 g/mol. The normalized spacial score (nSPS) is 10.5. The number of thiazole rings is 1. The number of H-pyrrole nitrogens is 1. The van der Waals surface area contributed by atoms with Gasteiger partial charge in [-0.05, 0) is 31.3 Å². The van der Waals surface area contributed by atoms with Crippen molar-refractivity contribution >= 4 is 34.6 Å². The van der Waals surface area contributed by atoms with E-state index in [4.69, 9.17) is 21.7 Å². The monoisotopic (exact) mass is 417 g/mol. The minimum absolute atomic E-state index is 0.163. The van der Waals surface area contributed by atoms with Crippen molar-refractivity contribution in [1.82, 2.24) is 19.7 Å². The van der Waals surface area contributed by atoms with Crippen molar-refractivity contribution in [2.24, 2.45) is 0 Å². The Hall–Kier alpha value is -2.98. The number of para-hydroxylation sites is 2. The molecule has 146 valence electrons. The summed E-state index contributed by atoms with van der Waals surface area (Å²) in [6.45, 7) is 5.95. The second-order valence-corrected chi connectivity index (χ2v) is 7.06. The summed E-state index contributed by atoms with van der Waals surface area (Å²) < 4.78 is 13.1. The van der Waals surface area contributed by atoms with E-state index in [2.05, 4.69) is 27.1 Å². The Kier molecular flexibility index (Phi) is 6.22. The fourth-order valence-corrected chi connectivity index (χ4v) is 3.67. The van der Waals surface area contributed by atoms with E-state index in [0.717, 1.165) is 10.6 Å². The number of amides is 1. The SMILES string of the molecule is C=CCn1c(-c2sc(NC(=O)COc3ccccc3OC)nc2C)n[nH]c1=S. The van der Waals surface area contributed by atoms with Crippen LogP contribution >= 0.6 is 23.6 Å². The number of hydrogen-bond acceptors (Lipinski definition) is 7. The van der Waals surface area contributed by atoms with Crippen LogP contribution in [-0.4, -0.2) is 39.4 Å². The molecule has 0 radical (unpaired) electrons. The summed E-state index contributed by atoms with van der Waals surface area (Å²) in [7, 11) is 1.55. The van der Waals surface area contributed by atoms with E-state index in [-0.39, 0.29) is 12.5 Å². The molecule has 0 aliphatic heterocycles. The number of ether oxygens (including phenoxy) is 2. The number of aryl methyl sites for hydroxylation is 1. The van der Waals surface area contributed by atoms with Crippen molar-refractivity contribution < 1.29 is 14.3 Å². The lowest BCUT2D eigenvalue weighted by Crippen LogP contribution is -2.20. The van der Waals surface area contributed by atoms with E-state index in [9.17, 15) is 4.79 Å². The summed E-state index contributed by atoms with van der Waals surface area (Å²) in [6.07, 6.45) is 1.74. The van der Waals surface area contributed by atoms with E-state index >= 15 is 0 Å². The van der Waals surface area contributed by atoms with Crippen molar-refractivity contribution in [2.45, 2.75) is 13.5 Å². The number of carbonyl (C=O) groups excluding carboxylic acids is 1. The number of benzene rings is 1. The van der Waals surface area contributed by atoms with Gasteiger partial charge in [0.15, 0.2) is 33.8 Å². The number of rotatable bonds is 8. The molecule has 2 aromatic heterocycles. The topological polar surface area (TPSA) is 94.1 Å². The van der Waals surface area contributed by atoms with Gasteiger partial charge in [-0.25, -0.2) is 4.98 Å².